The van der Waals surface area contributed by atoms with Gasteiger partial charge in [-0.25, -0.2) is 0 Å². The molecular weight excluding hydrogens is 363 g/mol. The van der Waals surface area contributed by atoms with Crippen LogP contribution in [0.1, 0.15) is 19.3 Å². The Morgan fingerprint density at radius 3 is 2.08 bits per heavy atom. The Balaban J connectivity index is 0.00000288. The molecule has 1 aliphatic rings. The minimum Gasteiger partial charge on any atom is -0.326 e. The van der Waals surface area contributed by atoms with E-state index in [2.05, 4.69) is 16.0 Å². The number of halogens is 2. The molecule has 2 amide bonds. The van der Waals surface area contributed by atoms with Gasteiger partial charge in [-0.15, -0.1) is 24.8 Å². The van der Waals surface area contributed by atoms with E-state index in [1.807, 2.05) is 43.3 Å². The fourth-order valence-electron chi connectivity index (χ4n) is 2.51. The molecule has 0 bridgehead atoms. The van der Waals surface area contributed by atoms with Crippen molar-refractivity contribution in [1.82, 2.24) is 10.2 Å². The highest BCUT2D eigenvalue weighted by Gasteiger charge is 2.20. The smallest absolute Gasteiger partial charge is 0.227 e. The van der Waals surface area contributed by atoms with Crippen LogP contribution < -0.4 is 16.0 Å². The molecule has 1 fully saturated rings. The van der Waals surface area contributed by atoms with E-state index in [4.69, 9.17) is 0 Å². The summed E-state index contributed by atoms with van der Waals surface area (Å²) in [6.07, 6.45) is 2.22. The highest BCUT2D eigenvalue weighted by atomic mass is 35.5. The highest BCUT2D eigenvalue weighted by Crippen LogP contribution is 2.17. The summed E-state index contributed by atoms with van der Waals surface area (Å²) in [4.78, 5) is 25.9. The molecule has 1 heterocycles. The van der Waals surface area contributed by atoms with Gasteiger partial charge in [-0.2, -0.15) is 0 Å². The van der Waals surface area contributed by atoms with Gasteiger partial charge in [0.15, 0.2) is 0 Å². The summed E-state index contributed by atoms with van der Waals surface area (Å²) >= 11 is 0. The number of rotatable bonds is 6. The van der Waals surface area contributed by atoms with Crippen molar-refractivity contribution in [3.8, 4) is 0 Å². The summed E-state index contributed by atoms with van der Waals surface area (Å²) < 4.78 is 0. The second-order valence-electron chi connectivity index (χ2n) is 6.19. The van der Waals surface area contributed by atoms with Crippen molar-refractivity contribution in [2.24, 2.45) is 5.92 Å². The van der Waals surface area contributed by atoms with Crippen LogP contribution in [0.3, 0.4) is 0 Å². The van der Waals surface area contributed by atoms with E-state index in [1.165, 1.54) is 0 Å². The summed E-state index contributed by atoms with van der Waals surface area (Å²) in [6, 6.07) is 7.26. The first kappa shape index (κ1) is 23.7. The summed E-state index contributed by atoms with van der Waals surface area (Å²) in [5, 5.41) is 9.05. The van der Waals surface area contributed by atoms with E-state index in [1.54, 1.807) is 0 Å². The first-order valence-corrected chi connectivity index (χ1v) is 8.11. The predicted molar refractivity (Wildman–Crippen MR) is 107 cm³/mol. The third-order valence-electron chi connectivity index (χ3n) is 3.93. The van der Waals surface area contributed by atoms with Crippen LogP contribution in [-0.2, 0) is 9.59 Å². The Morgan fingerprint density at radius 1 is 1.04 bits per heavy atom. The summed E-state index contributed by atoms with van der Waals surface area (Å²) in [7, 11) is 3.88. The van der Waals surface area contributed by atoms with E-state index in [0.717, 1.165) is 43.9 Å². The maximum atomic E-state index is 12.2. The van der Waals surface area contributed by atoms with Gasteiger partial charge < -0.3 is 20.9 Å². The zero-order valence-corrected chi connectivity index (χ0v) is 16.3. The fourth-order valence-corrected chi connectivity index (χ4v) is 2.51. The van der Waals surface area contributed by atoms with Crippen molar-refractivity contribution in [1.29, 1.82) is 0 Å². The lowest BCUT2D eigenvalue weighted by Gasteiger charge is -2.21. The minimum absolute atomic E-state index is 0. The van der Waals surface area contributed by atoms with Gasteiger partial charge in [-0.1, -0.05) is 0 Å². The normalized spacial score (nSPS) is 14.2. The number of benzene rings is 1. The van der Waals surface area contributed by atoms with Crippen molar-refractivity contribution in [2.75, 3.05) is 44.4 Å². The van der Waals surface area contributed by atoms with Crippen molar-refractivity contribution >= 4 is 48.0 Å². The lowest BCUT2D eigenvalue weighted by Crippen LogP contribution is -2.34. The average molecular weight is 391 g/mol. The van der Waals surface area contributed by atoms with Crippen LogP contribution in [0.25, 0.3) is 0 Å². The van der Waals surface area contributed by atoms with E-state index < -0.39 is 0 Å². The number of nitrogens with one attached hydrogen (secondary N) is 3. The first-order valence-electron chi connectivity index (χ1n) is 8.11. The van der Waals surface area contributed by atoms with Crippen LogP contribution in [-0.4, -0.2) is 50.4 Å². The van der Waals surface area contributed by atoms with Gasteiger partial charge in [0.25, 0.3) is 0 Å². The molecule has 1 aliphatic heterocycles. The molecule has 0 aromatic heterocycles. The van der Waals surface area contributed by atoms with Gasteiger partial charge in [-0.3, -0.25) is 9.59 Å². The zero-order chi connectivity index (χ0) is 16.7. The van der Waals surface area contributed by atoms with E-state index >= 15 is 0 Å². The van der Waals surface area contributed by atoms with Crippen molar-refractivity contribution in [3.05, 3.63) is 24.3 Å². The summed E-state index contributed by atoms with van der Waals surface area (Å²) in [5.41, 5.74) is 1.51. The summed E-state index contributed by atoms with van der Waals surface area (Å²) in [5.74, 6) is 0.154. The van der Waals surface area contributed by atoms with Crippen molar-refractivity contribution in [3.63, 3.8) is 0 Å². The molecule has 0 radical (unpaired) electrons. The molecule has 0 atom stereocenters. The van der Waals surface area contributed by atoms with Crippen LogP contribution in [0, 0.1) is 5.92 Å². The lowest BCUT2D eigenvalue weighted by molar-refractivity contribution is -0.120. The quantitative estimate of drug-likeness (QED) is 0.696. The molecule has 2 rings (SSSR count). The number of anilines is 2. The number of carbonyl (C=O) groups excluding carboxylic acids is 2. The Kier molecular flexibility index (Phi) is 11.4. The molecule has 1 aromatic carbocycles. The van der Waals surface area contributed by atoms with E-state index in [-0.39, 0.29) is 42.5 Å². The standard InChI is InChI=1S/C17H26N4O2.2ClH/c1-21(2)12-9-16(22)19-14-3-5-15(6-4-14)20-17(23)13-7-10-18-11-8-13;;/h3-6,13,18H,7-12H2,1-2H3,(H,19,22)(H,20,23);2*1H. The van der Waals surface area contributed by atoms with Crippen molar-refractivity contribution < 1.29 is 9.59 Å². The van der Waals surface area contributed by atoms with Crippen LogP contribution >= 0.6 is 24.8 Å². The molecule has 0 spiro atoms. The number of hydrogen-bond donors (Lipinski definition) is 3. The maximum absolute atomic E-state index is 12.2. The van der Waals surface area contributed by atoms with E-state index in [0.29, 0.717) is 6.42 Å². The zero-order valence-electron chi connectivity index (χ0n) is 14.7. The first-order chi connectivity index (χ1) is 11.0. The third-order valence-corrected chi connectivity index (χ3v) is 3.93. The maximum Gasteiger partial charge on any atom is 0.227 e. The SMILES string of the molecule is CN(C)CCC(=O)Nc1ccc(NC(=O)C2CCNCC2)cc1.Cl.Cl. The van der Waals surface area contributed by atoms with Crippen LogP contribution in [0.2, 0.25) is 0 Å². The monoisotopic (exact) mass is 390 g/mol. The Morgan fingerprint density at radius 2 is 1.56 bits per heavy atom. The van der Waals surface area contributed by atoms with Gasteiger partial charge in [0, 0.05) is 30.3 Å². The Hall–Kier alpha value is -1.34. The molecule has 3 N–H and O–H groups in total. The van der Waals surface area contributed by atoms with Crippen molar-refractivity contribution in [2.45, 2.75) is 19.3 Å². The second-order valence-corrected chi connectivity index (χ2v) is 6.19. The molecule has 25 heavy (non-hydrogen) atoms. The molecule has 1 aromatic rings. The lowest BCUT2D eigenvalue weighted by atomic mass is 9.97. The van der Waals surface area contributed by atoms with Gasteiger partial charge in [0.2, 0.25) is 11.8 Å². The Bertz CT molecular complexity index is 532. The molecule has 0 saturated carbocycles. The molecule has 1 saturated heterocycles. The summed E-state index contributed by atoms with van der Waals surface area (Å²) in [6.45, 7) is 2.52. The third kappa shape index (κ3) is 8.54. The number of nitrogens with zero attached hydrogens (tertiary/aromatic N) is 1. The number of carbonyl (C=O) groups is 2. The molecule has 0 unspecified atom stereocenters. The molecule has 6 nitrogen and oxygen atoms in total. The van der Waals surface area contributed by atoms with E-state index in [9.17, 15) is 9.59 Å². The van der Waals surface area contributed by atoms with Gasteiger partial charge in [-0.05, 0) is 64.3 Å². The average Bonchev–Trinajstić information content (AvgIpc) is 2.55. The second kappa shape index (κ2) is 12.1. The number of hydrogen-bond acceptors (Lipinski definition) is 4. The molecule has 142 valence electrons. The largest absolute Gasteiger partial charge is 0.326 e. The fraction of sp³-hybridized carbons (Fsp3) is 0.529. The molecular formula is C17H28Cl2N4O2. The minimum atomic E-state index is -0.00908. The van der Waals surface area contributed by atoms with Crippen LogP contribution in [0.4, 0.5) is 11.4 Å². The number of piperidine rings is 1. The highest BCUT2D eigenvalue weighted by molar-refractivity contribution is 5.94. The Labute approximate surface area is 161 Å². The number of amides is 2. The van der Waals surface area contributed by atoms with Gasteiger partial charge in [0.05, 0.1) is 0 Å². The topological polar surface area (TPSA) is 73.5 Å². The van der Waals surface area contributed by atoms with Crippen LogP contribution in [0.15, 0.2) is 24.3 Å². The molecule has 0 aliphatic carbocycles. The predicted octanol–water partition coefficient (Wildman–Crippen LogP) is 2.36. The van der Waals surface area contributed by atoms with Gasteiger partial charge >= 0.3 is 0 Å². The van der Waals surface area contributed by atoms with Gasteiger partial charge in [0.1, 0.15) is 0 Å². The molecule has 8 heteroatoms. The van der Waals surface area contributed by atoms with Crippen LogP contribution in [0.5, 0.6) is 0 Å².